The van der Waals surface area contributed by atoms with Crippen LogP contribution in [0.25, 0.3) is 0 Å². The van der Waals surface area contributed by atoms with E-state index in [4.69, 9.17) is 11.6 Å². The maximum absolute atomic E-state index is 11.3. The second-order valence-corrected chi connectivity index (χ2v) is 6.61. The summed E-state index contributed by atoms with van der Waals surface area (Å²) in [5, 5.41) is 0. The van der Waals surface area contributed by atoms with E-state index in [0.717, 1.165) is 6.08 Å². The van der Waals surface area contributed by atoms with Crippen LogP contribution in [0.15, 0.2) is 12.7 Å². The Morgan fingerprint density at radius 2 is 1.89 bits per heavy atom. The summed E-state index contributed by atoms with van der Waals surface area (Å²) in [6, 6.07) is 0. The second-order valence-electron chi connectivity index (χ2n) is 3.25. The lowest BCUT2D eigenvalue weighted by atomic mass is 10.5. The van der Waals surface area contributed by atoms with Crippen LogP contribution < -0.4 is 0 Å². The van der Waals surface area contributed by atoms with Crippen LogP contribution in [0.2, 0.25) is 0 Å². The Hall–Kier alpha value is -1.08. The summed E-state index contributed by atoms with van der Waals surface area (Å²) in [4.78, 5) is 21.8. The molecular formula is C10H15ClO6S. The van der Waals surface area contributed by atoms with E-state index in [9.17, 15) is 18.0 Å². The number of sulfone groups is 1. The second kappa shape index (κ2) is 8.10. The van der Waals surface area contributed by atoms with Gasteiger partial charge < -0.3 is 9.47 Å². The first kappa shape index (κ1) is 16.9. The van der Waals surface area contributed by atoms with Gasteiger partial charge in [0.05, 0.1) is 12.2 Å². The highest BCUT2D eigenvalue weighted by atomic mass is 35.5. The molecule has 18 heavy (non-hydrogen) atoms. The monoisotopic (exact) mass is 298 g/mol. The number of alkyl halides is 1. The highest BCUT2D eigenvalue weighted by Crippen LogP contribution is 2.07. The van der Waals surface area contributed by atoms with E-state index in [1.165, 1.54) is 6.92 Å². The zero-order valence-corrected chi connectivity index (χ0v) is 11.5. The minimum atomic E-state index is -3.48. The molecule has 1 atom stereocenters. The Labute approximate surface area is 111 Å². The van der Waals surface area contributed by atoms with Crippen molar-refractivity contribution >= 4 is 33.4 Å². The number of halogens is 1. The van der Waals surface area contributed by atoms with E-state index in [1.807, 2.05) is 0 Å². The quantitative estimate of drug-likeness (QED) is 0.283. The number of carbonyl (C=O) groups excluding carboxylic acids is 2. The first-order valence-corrected chi connectivity index (χ1v) is 7.25. The predicted molar refractivity (Wildman–Crippen MR) is 65.8 cm³/mol. The summed E-state index contributed by atoms with van der Waals surface area (Å²) in [5.74, 6) is -1.68. The van der Waals surface area contributed by atoms with E-state index in [0.29, 0.717) is 0 Å². The molecule has 0 heterocycles. The fourth-order valence-electron chi connectivity index (χ4n) is 0.817. The summed E-state index contributed by atoms with van der Waals surface area (Å²) < 4.78 is 30.7. The van der Waals surface area contributed by atoms with Gasteiger partial charge in [-0.2, -0.15) is 0 Å². The van der Waals surface area contributed by atoms with Gasteiger partial charge in [-0.25, -0.2) is 13.2 Å². The van der Waals surface area contributed by atoms with E-state index in [-0.39, 0.29) is 25.4 Å². The third-order valence-electron chi connectivity index (χ3n) is 1.84. The van der Waals surface area contributed by atoms with Crippen LogP contribution in [0.1, 0.15) is 13.3 Å². The molecule has 0 saturated heterocycles. The van der Waals surface area contributed by atoms with E-state index in [1.54, 1.807) is 0 Å². The zero-order valence-electron chi connectivity index (χ0n) is 9.93. The Bertz CT molecular complexity index is 401. The number of carbonyl (C=O) groups is 2. The molecule has 0 saturated carbocycles. The van der Waals surface area contributed by atoms with Crippen molar-refractivity contribution in [1.82, 2.24) is 0 Å². The molecule has 0 fully saturated rings. The van der Waals surface area contributed by atoms with Crippen LogP contribution in [0.5, 0.6) is 0 Å². The molecule has 0 aromatic rings. The molecule has 104 valence electrons. The summed E-state index contributed by atoms with van der Waals surface area (Å²) in [5.41, 5.74) is 0. The topological polar surface area (TPSA) is 86.7 Å². The van der Waals surface area contributed by atoms with Crippen molar-refractivity contribution in [3.05, 3.63) is 12.7 Å². The van der Waals surface area contributed by atoms with E-state index < -0.39 is 26.5 Å². The van der Waals surface area contributed by atoms with Crippen LogP contribution in [-0.4, -0.2) is 44.0 Å². The fourth-order valence-corrected chi connectivity index (χ4v) is 1.86. The van der Waals surface area contributed by atoms with Crippen LogP contribution in [0, 0.1) is 0 Å². The van der Waals surface area contributed by atoms with Crippen LogP contribution >= 0.6 is 11.6 Å². The van der Waals surface area contributed by atoms with Gasteiger partial charge in [0.15, 0.2) is 9.84 Å². The largest absolute Gasteiger partial charge is 0.462 e. The molecular weight excluding hydrogens is 284 g/mol. The number of hydrogen-bond acceptors (Lipinski definition) is 6. The molecule has 1 unspecified atom stereocenters. The van der Waals surface area contributed by atoms with Gasteiger partial charge in [0.2, 0.25) is 0 Å². The Balaban J connectivity index is 3.80. The van der Waals surface area contributed by atoms with Gasteiger partial charge in [-0.1, -0.05) is 6.58 Å². The maximum Gasteiger partial charge on any atom is 0.330 e. The third kappa shape index (κ3) is 7.29. The van der Waals surface area contributed by atoms with Crippen molar-refractivity contribution in [2.45, 2.75) is 18.1 Å². The molecule has 6 nitrogen and oxygen atoms in total. The number of hydrogen-bond donors (Lipinski definition) is 0. The van der Waals surface area contributed by atoms with Gasteiger partial charge >= 0.3 is 11.9 Å². The fraction of sp³-hybridized carbons (Fsp3) is 0.600. The van der Waals surface area contributed by atoms with Crippen molar-refractivity contribution in [3.8, 4) is 0 Å². The van der Waals surface area contributed by atoms with Gasteiger partial charge in [0.1, 0.15) is 17.9 Å². The Morgan fingerprint density at radius 1 is 1.33 bits per heavy atom. The minimum absolute atomic E-state index is 0.102. The molecule has 0 N–H and O–H groups in total. The number of esters is 2. The maximum atomic E-state index is 11.3. The van der Waals surface area contributed by atoms with Crippen molar-refractivity contribution < 1.29 is 27.5 Å². The zero-order chi connectivity index (χ0) is 14.2. The Morgan fingerprint density at radius 3 is 2.39 bits per heavy atom. The lowest BCUT2D eigenvalue weighted by Gasteiger charge is -2.07. The van der Waals surface area contributed by atoms with Gasteiger partial charge in [-0.15, -0.1) is 11.6 Å². The average Bonchev–Trinajstić information content (AvgIpc) is 2.31. The average molecular weight is 299 g/mol. The lowest BCUT2D eigenvalue weighted by Crippen LogP contribution is -2.20. The summed E-state index contributed by atoms with van der Waals surface area (Å²) in [6.07, 6.45) is 0.699. The molecule has 0 radical (unpaired) electrons. The normalized spacial score (nSPS) is 12.6. The van der Waals surface area contributed by atoms with Crippen molar-refractivity contribution in [2.75, 3.05) is 19.0 Å². The van der Waals surface area contributed by atoms with Gasteiger partial charge in [-0.3, -0.25) is 4.79 Å². The SMILES string of the molecule is C=CC(=O)OCCOC(=O)CCS(=O)(=O)C(C)Cl. The van der Waals surface area contributed by atoms with Gasteiger partial charge in [0, 0.05) is 6.08 Å². The van der Waals surface area contributed by atoms with Crippen LogP contribution in [0.3, 0.4) is 0 Å². The first-order chi connectivity index (χ1) is 8.29. The number of rotatable bonds is 8. The number of ether oxygens (including phenoxy) is 2. The molecule has 0 spiro atoms. The summed E-state index contributed by atoms with van der Waals surface area (Å²) >= 11 is 5.42. The molecule has 0 rings (SSSR count). The van der Waals surface area contributed by atoms with E-state index >= 15 is 0 Å². The molecule has 8 heteroatoms. The van der Waals surface area contributed by atoms with Crippen LogP contribution in [-0.2, 0) is 28.9 Å². The minimum Gasteiger partial charge on any atom is -0.462 e. The molecule has 0 aromatic carbocycles. The van der Waals surface area contributed by atoms with Crippen molar-refractivity contribution in [3.63, 3.8) is 0 Å². The smallest absolute Gasteiger partial charge is 0.330 e. The summed E-state index contributed by atoms with van der Waals surface area (Å²) in [6.45, 7) is 4.27. The van der Waals surface area contributed by atoms with Gasteiger partial charge in [0.25, 0.3) is 0 Å². The first-order valence-electron chi connectivity index (χ1n) is 5.10. The third-order valence-corrected chi connectivity index (χ3v) is 4.42. The molecule has 0 aliphatic rings. The van der Waals surface area contributed by atoms with Crippen LogP contribution in [0.4, 0.5) is 0 Å². The Kier molecular flexibility index (Phi) is 7.61. The molecule has 0 amide bonds. The highest BCUT2D eigenvalue weighted by molar-refractivity contribution is 7.93. The molecule has 0 aliphatic heterocycles. The standard InChI is InChI=1S/C10H15ClO6S/c1-3-9(12)16-5-6-17-10(13)4-7-18(14,15)8(2)11/h3,8H,1,4-7H2,2H3. The molecule has 0 aromatic heterocycles. The lowest BCUT2D eigenvalue weighted by molar-refractivity contribution is -0.149. The van der Waals surface area contributed by atoms with Crippen molar-refractivity contribution in [1.29, 1.82) is 0 Å². The van der Waals surface area contributed by atoms with E-state index in [2.05, 4.69) is 16.1 Å². The summed E-state index contributed by atoms with van der Waals surface area (Å²) in [7, 11) is -3.48. The van der Waals surface area contributed by atoms with Crippen molar-refractivity contribution in [2.24, 2.45) is 0 Å². The molecule has 0 aliphatic carbocycles. The predicted octanol–water partition coefficient (Wildman–Crippen LogP) is 0.649. The van der Waals surface area contributed by atoms with Gasteiger partial charge in [-0.05, 0) is 6.92 Å². The molecule has 0 bridgehead atoms. The highest BCUT2D eigenvalue weighted by Gasteiger charge is 2.19.